The number of hydrogen-bond donors (Lipinski definition) is 0. The summed E-state index contributed by atoms with van der Waals surface area (Å²) in [5, 5.41) is 0.116. The molecule has 2 aromatic rings. The van der Waals surface area contributed by atoms with Gasteiger partial charge in [0.2, 0.25) is 5.91 Å². The Bertz CT molecular complexity index is 1520. The van der Waals surface area contributed by atoms with Crippen LogP contribution in [0.1, 0.15) is 24.1 Å². The van der Waals surface area contributed by atoms with Gasteiger partial charge in [-0.15, -0.1) is 11.8 Å². The van der Waals surface area contributed by atoms with E-state index in [9.17, 15) is 31.5 Å². The van der Waals surface area contributed by atoms with E-state index in [4.69, 9.17) is 9.47 Å². The number of aromatic nitrogens is 2. The molecule has 1 amide bonds. The van der Waals surface area contributed by atoms with E-state index >= 15 is 0 Å². The first-order valence-electron chi connectivity index (χ1n) is 13.4. The van der Waals surface area contributed by atoms with Crippen LogP contribution in [0.2, 0.25) is 0 Å². The van der Waals surface area contributed by atoms with Crippen LogP contribution in [0.3, 0.4) is 0 Å². The molecule has 8 nitrogen and oxygen atoms in total. The number of nitrogens with zero attached hydrogens (tertiary/aromatic N) is 4. The number of piperazine rings is 1. The summed E-state index contributed by atoms with van der Waals surface area (Å²) in [6, 6.07) is 0.0495. The summed E-state index contributed by atoms with van der Waals surface area (Å²) >= 11 is 1.13. The molecule has 1 aromatic carbocycles. The molecule has 0 aliphatic carbocycles. The molecule has 1 saturated heterocycles. The molecule has 0 N–H and O–H groups in total. The van der Waals surface area contributed by atoms with E-state index in [1.807, 2.05) is 0 Å². The number of thioether (sulfide) groups is 1. The Balaban J connectivity index is 1.95. The van der Waals surface area contributed by atoms with E-state index in [1.165, 1.54) is 17.8 Å². The van der Waals surface area contributed by atoms with Gasteiger partial charge in [0, 0.05) is 60.5 Å². The first kappa shape index (κ1) is 32.4. The summed E-state index contributed by atoms with van der Waals surface area (Å²) in [4.78, 5) is 33.6. The van der Waals surface area contributed by atoms with Crippen molar-refractivity contribution in [2.45, 2.75) is 30.1 Å². The SMILES string of the molecule is C=CC(=O)N1CCN(c2nc(=O)n3c4c(c(/C=C/C=C(F)\C=C\F)c(C(F)(F)F)cc24)SC[C@@H]3COCCOC)[C@@H](C)C1. The smallest absolute Gasteiger partial charge is 0.382 e. The molecule has 4 rings (SSSR count). The van der Waals surface area contributed by atoms with Crippen LogP contribution in [0, 0.1) is 0 Å². The van der Waals surface area contributed by atoms with Gasteiger partial charge in [-0.05, 0) is 25.1 Å². The lowest BCUT2D eigenvalue weighted by Gasteiger charge is -2.41. The predicted octanol–water partition coefficient (Wildman–Crippen LogP) is 5.30. The minimum Gasteiger partial charge on any atom is -0.382 e. The molecule has 43 heavy (non-hydrogen) atoms. The van der Waals surface area contributed by atoms with E-state index in [1.54, 1.807) is 16.7 Å². The largest absolute Gasteiger partial charge is 0.417 e. The first-order chi connectivity index (χ1) is 20.5. The molecule has 0 bridgehead atoms. The van der Waals surface area contributed by atoms with Crippen molar-refractivity contribution < 1.29 is 36.2 Å². The molecule has 0 unspecified atom stereocenters. The summed E-state index contributed by atoms with van der Waals surface area (Å²) in [7, 11) is 1.52. The standard InChI is InChI=1S/C29H31F5N4O4S/c1-4-24(39)36-10-11-37(18(2)15-36)27-22-14-23(29(32,33)34)21(7-5-6-19(31)8-9-30)26-25(22)38(28(40)35-27)20(17-43-26)16-42-13-12-41-3/h4-9,14,18,20H,1,10-13,15-17H2,2-3H3/b7-5+,9-8+,19-6+/t18-,20-/m0/s1. The van der Waals surface area contributed by atoms with Crippen LogP contribution in [0.25, 0.3) is 17.0 Å². The monoisotopic (exact) mass is 626 g/mol. The topological polar surface area (TPSA) is 76.9 Å². The fourth-order valence-corrected chi connectivity index (χ4v) is 6.45. The average molecular weight is 627 g/mol. The zero-order valence-electron chi connectivity index (χ0n) is 23.6. The molecular weight excluding hydrogens is 595 g/mol. The number of amides is 1. The maximum Gasteiger partial charge on any atom is 0.417 e. The average Bonchev–Trinajstić information content (AvgIpc) is 2.96. The summed E-state index contributed by atoms with van der Waals surface area (Å²) in [5.74, 6) is -0.968. The van der Waals surface area contributed by atoms with Crippen LogP contribution >= 0.6 is 11.8 Å². The van der Waals surface area contributed by atoms with Gasteiger partial charge in [0.15, 0.2) is 0 Å². The highest BCUT2D eigenvalue weighted by Crippen LogP contribution is 2.46. The number of halogens is 5. The van der Waals surface area contributed by atoms with Crippen molar-refractivity contribution in [1.29, 1.82) is 0 Å². The Hall–Kier alpha value is -3.49. The molecule has 2 aliphatic heterocycles. The van der Waals surface area contributed by atoms with Crippen LogP contribution < -0.4 is 10.6 Å². The second-order valence-corrected chi connectivity index (χ2v) is 10.9. The Morgan fingerprint density at radius 2 is 2.05 bits per heavy atom. The van der Waals surface area contributed by atoms with E-state index in [0.717, 1.165) is 36.1 Å². The fraction of sp³-hybridized carbons (Fsp3) is 0.414. The number of ether oxygens (including phenoxy) is 2. The van der Waals surface area contributed by atoms with Gasteiger partial charge in [-0.3, -0.25) is 9.36 Å². The number of anilines is 1. The third-order valence-corrected chi connectivity index (χ3v) is 8.40. The van der Waals surface area contributed by atoms with Crippen LogP contribution in [0.4, 0.5) is 27.8 Å². The van der Waals surface area contributed by atoms with Gasteiger partial charge in [-0.2, -0.15) is 18.2 Å². The Labute approximate surface area is 249 Å². The van der Waals surface area contributed by atoms with Crippen LogP contribution in [-0.2, 0) is 20.4 Å². The third kappa shape index (κ3) is 7.02. The normalized spacial score (nSPS) is 19.7. The maximum absolute atomic E-state index is 14.6. The zero-order valence-corrected chi connectivity index (χ0v) is 24.4. The van der Waals surface area contributed by atoms with Gasteiger partial charge in [0.05, 0.1) is 43.3 Å². The van der Waals surface area contributed by atoms with Crippen LogP contribution in [0.5, 0.6) is 0 Å². The lowest BCUT2D eigenvalue weighted by molar-refractivity contribution is -0.137. The Morgan fingerprint density at radius 1 is 1.28 bits per heavy atom. The Kier molecular flexibility index (Phi) is 10.5. The number of hydrogen-bond acceptors (Lipinski definition) is 7. The van der Waals surface area contributed by atoms with Crippen molar-refractivity contribution in [2.75, 3.05) is 57.2 Å². The van der Waals surface area contributed by atoms with E-state index in [0.29, 0.717) is 12.7 Å². The molecule has 0 radical (unpaired) electrons. The number of carbonyl (C=O) groups excluding carboxylic acids is 1. The van der Waals surface area contributed by atoms with E-state index in [-0.39, 0.29) is 84.1 Å². The van der Waals surface area contributed by atoms with Crippen LogP contribution in [0.15, 0.2) is 58.8 Å². The maximum atomic E-state index is 14.6. The molecular formula is C29H31F5N4O4S. The van der Waals surface area contributed by atoms with Crippen molar-refractivity contribution in [3.63, 3.8) is 0 Å². The van der Waals surface area contributed by atoms with Gasteiger partial charge in [0.25, 0.3) is 0 Å². The highest BCUT2D eigenvalue weighted by molar-refractivity contribution is 7.99. The molecule has 3 heterocycles. The molecule has 2 atom stereocenters. The predicted molar refractivity (Wildman–Crippen MR) is 156 cm³/mol. The van der Waals surface area contributed by atoms with Crippen molar-refractivity contribution >= 4 is 40.5 Å². The van der Waals surface area contributed by atoms with Gasteiger partial charge >= 0.3 is 11.9 Å². The molecule has 2 aliphatic rings. The third-order valence-electron chi connectivity index (χ3n) is 7.14. The van der Waals surface area contributed by atoms with Crippen molar-refractivity contribution in [1.82, 2.24) is 14.5 Å². The molecule has 1 aromatic heterocycles. The summed E-state index contributed by atoms with van der Waals surface area (Å²) in [6.07, 6.45) is -0.113. The van der Waals surface area contributed by atoms with Gasteiger partial charge in [0.1, 0.15) is 11.6 Å². The van der Waals surface area contributed by atoms with E-state index < -0.39 is 29.3 Å². The van der Waals surface area contributed by atoms with Crippen molar-refractivity contribution in [3.8, 4) is 0 Å². The minimum atomic E-state index is -4.81. The number of allylic oxidation sites excluding steroid dienone is 4. The number of rotatable bonds is 10. The van der Waals surface area contributed by atoms with Gasteiger partial charge in [-0.1, -0.05) is 18.7 Å². The number of benzene rings is 1. The highest BCUT2D eigenvalue weighted by atomic mass is 32.2. The van der Waals surface area contributed by atoms with Crippen molar-refractivity contribution in [2.24, 2.45) is 0 Å². The molecule has 0 spiro atoms. The van der Waals surface area contributed by atoms with Crippen molar-refractivity contribution in [3.05, 3.63) is 70.7 Å². The lowest BCUT2D eigenvalue weighted by Crippen LogP contribution is -2.54. The lowest BCUT2D eigenvalue weighted by atomic mass is 10.0. The number of carbonyl (C=O) groups is 1. The summed E-state index contributed by atoms with van der Waals surface area (Å²) in [5.41, 5.74) is -1.65. The minimum absolute atomic E-state index is 0.0212. The number of methoxy groups -OCH3 is 1. The first-order valence-corrected chi connectivity index (χ1v) is 14.4. The highest BCUT2D eigenvalue weighted by Gasteiger charge is 2.39. The quantitative estimate of drug-likeness (QED) is 0.153. The second-order valence-electron chi connectivity index (χ2n) is 9.92. The molecule has 0 saturated carbocycles. The second kappa shape index (κ2) is 13.9. The van der Waals surface area contributed by atoms with Crippen LogP contribution in [-0.4, -0.2) is 78.7 Å². The zero-order chi connectivity index (χ0) is 31.3. The van der Waals surface area contributed by atoms with Gasteiger partial charge < -0.3 is 19.3 Å². The molecule has 232 valence electrons. The van der Waals surface area contributed by atoms with Gasteiger partial charge in [-0.25, -0.2) is 13.6 Å². The Morgan fingerprint density at radius 3 is 2.70 bits per heavy atom. The number of alkyl halides is 3. The fourth-order valence-electron chi connectivity index (χ4n) is 5.17. The molecule has 14 heteroatoms. The summed E-state index contributed by atoms with van der Waals surface area (Å²) in [6.45, 7) is 6.73. The summed E-state index contributed by atoms with van der Waals surface area (Å²) < 4.78 is 81.8. The molecule has 1 fully saturated rings. The van der Waals surface area contributed by atoms with E-state index in [2.05, 4.69) is 11.6 Å².